The molecule has 2 aromatic rings. The molecule has 1 unspecified atom stereocenters. The Labute approximate surface area is 111 Å². The zero-order valence-electron chi connectivity index (χ0n) is 10.8. The lowest BCUT2D eigenvalue weighted by Crippen LogP contribution is -2.55. The van der Waals surface area contributed by atoms with Crippen LogP contribution in [0.25, 0.3) is 10.9 Å². The van der Waals surface area contributed by atoms with E-state index in [1.54, 1.807) is 17.9 Å². The van der Waals surface area contributed by atoms with Crippen molar-refractivity contribution in [1.29, 1.82) is 0 Å². The molecule has 0 bridgehead atoms. The van der Waals surface area contributed by atoms with Gasteiger partial charge in [-0.2, -0.15) is 5.10 Å². The Morgan fingerprint density at radius 3 is 2.89 bits per heavy atom. The zero-order valence-corrected chi connectivity index (χ0v) is 10.8. The number of nitrogens with one attached hydrogen (secondary N) is 1. The van der Waals surface area contributed by atoms with E-state index in [1.165, 1.54) is 0 Å². The van der Waals surface area contributed by atoms with Crippen molar-refractivity contribution in [3.8, 4) is 0 Å². The molecule has 1 aliphatic carbocycles. The molecule has 1 saturated carbocycles. The molecular formula is C14H17N3O2. The second-order valence-corrected chi connectivity index (χ2v) is 5.16. The highest BCUT2D eigenvalue weighted by atomic mass is 16.4. The first-order chi connectivity index (χ1) is 9.17. The Kier molecular flexibility index (Phi) is 2.78. The van der Waals surface area contributed by atoms with Crippen LogP contribution in [0, 0.1) is 5.92 Å². The van der Waals surface area contributed by atoms with Gasteiger partial charge in [-0.05, 0) is 31.9 Å². The lowest BCUT2D eigenvalue weighted by atomic mass is 9.93. The number of benzene rings is 1. The summed E-state index contributed by atoms with van der Waals surface area (Å²) in [5.74, 6) is -0.602. The number of hydrogen-bond acceptors (Lipinski definition) is 3. The van der Waals surface area contributed by atoms with Gasteiger partial charge in [-0.1, -0.05) is 18.2 Å². The normalized spacial score (nSPS) is 18.4. The van der Waals surface area contributed by atoms with Crippen LogP contribution in [0.1, 0.15) is 12.8 Å². The van der Waals surface area contributed by atoms with Gasteiger partial charge in [0.15, 0.2) is 0 Å². The molecule has 1 heterocycles. The average Bonchev–Trinajstić information content (AvgIpc) is 3.19. The number of nitrogens with zero attached hydrogens (tertiary/aromatic N) is 2. The molecule has 3 rings (SSSR count). The molecule has 5 nitrogen and oxygen atoms in total. The highest BCUT2D eigenvalue weighted by Gasteiger charge is 2.50. The van der Waals surface area contributed by atoms with E-state index in [1.807, 2.05) is 24.3 Å². The summed E-state index contributed by atoms with van der Waals surface area (Å²) in [7, 11) is 1.72. The maximum absolute atomic E-state index is 11.7. The lowest BCUT2D eigenvalue weighted by Gasteiger charge is -2.29. The maximum Gasteiger partial charge on any atom is 0.326 e. The molecule has 100 valence electrons. The zero-order chi connectivity index (χ0) is 13.5. The van der Waals surface area contributed by atoms with Gasteiger partial charge in [0.25, 0.3) is 0 Å². The van der Waals surface area contributed by atoms with Crippen molar-refractivity contribution >= 4 is 16.9 Å². The molecule has 0 aliphatic heterocycles. The number of aromatic nitrogens is 2. The lowest BCUT2D eigenvalue weighted by molar-refractivity contribution is -0.146. The smallest absolute Gasteiger partial charge is 0.326 e. The third-order valence-corrected chi connectivity index (χ3v) is 4.05. The molecule has 1 fully saturated rings. The molecule has 1 aromatic carbocycles. The van der Waals surface area contributed by atoms with Gasteiger partial charge >= 0.3 is 5.97 Å². The highest BCUT2D eigenvalue weighted by molar-refractivity contribution is 5.81. The van der Waals surface area contributed by atoms with Gasteiger partial charge < -0.3 is 10.4 Å². The summed E-state index contributed by atoms with van der Waals surface area (Å²) in [6.45, 7) is 0.358. The predicted molar refractivity (Wildman–Crippen MR) is 71.9 cm³/mol. The third-order valence-electron chi connectivity index (χ3n) is 4.05. The fourth-order valence-corrected chi connectivity index (χ4v) is 2.73. The van der Waals surface area contributed by atoms with Crippen molar-refractivity contribution in [1.82, 2.24) is 15.1 Å². The number of carbonyl (C=O) groups is 1. The molecule has 0 radical (unpaired) electrons. The average molecular weight is 259 g/mol. The Balaban J connectivity index is 2.00. The minimum Gasteiger partial charge on any atom is -0.480 e. The number of likely N-dealkylation sites (N-methyl/N-ethyl adjacent to an activating group) is 1. The summed E-state index contributed by atoms with van der Waals surface area (Å²) in [4.78, 5) is 11.7. The number of fused-ring (bicyclic) bond motifs is 1. The molecule has 19 heavy (non-hydrogen) atoms. The van der Waals surface area contributed by atoms with Gasteiger partial charge in [0.05, 0.1) is 18.3 Å². The van der Waals surface area contributed by atoms with Gasteiger partial charge in [0, 0.05) is 5.39 Å². The molecule has 1 atom stereocenters. The number of carboxylic acid groups (broad SMARTS) is 1. The van der Waals surface area contributed by atoms with Gasteiger partial charge in [0.2, 0.25) is 0 Å². The van der Waals surface area contributed by atoms with Crippen LogP contribution in [0.2, 0.25) is 0 Å². The van der Waals surface area contributed by atoms with Gasteiger partial charge in [0.1, 0.15) is 5.54 Å². The first-order valence-corrected chi connectivity index (χ1v) is 6.50. The molecule has 0 saturated heterocycles. The van der Waals surface area contributed by atoms with Gasteiger partial charge in [-0.25, -0.2) is 0 Å². The SMILES string of the molecule is CNC(Cn1ncc2ccccc21)(C(=O)O)C1CC1. The van der Waals surface area contributed by atoms with E-state index in [2.05, 4.69) is 10.4 Å². The van der Waals surface area contributed by atoms with E-state index in [4.69, 9.17) is 0 Å². The van der Waals surface area contributed by atoms with E-state index in [9.17, 15) is 9.90 Å². The van der Waals surface area contributed by atoms with Gasteiger partial charge in [-0.15, -0.1) is 0 Å². The maximum atomic E-state index is 11.7. The summed E-state index contributed by atoms with van der Waals surface area (Å²) in [6.07, 6.45) is 3.71. The van der Waals surface area contributed by atoms with E-state index in [0.717, 1.165) is 23.7 Å². The highest BCUT2D eigenvalue weighted by Crippen LogP contribution is 2.41. The molecule has 5 heteroatoms. The van der Waals surface area contributed by atoms with Crippen LogP contribution in [0.15, 0.2) is 30.5 Å². The Hall–Kier alpha value is -1.88. The monoisotopic (exact) mass is 259 g/mol. The third kappa shape index (κ3) is 1.90. The van der Waals surface area contributed by atoms with Gasteiger partial charge in [-0.3, -0.25) is 9.48 Å². The standard InChI is InChI=1S/C14H17N3O2/c1-15-14(13(18)19,11-6-7-11)9-17-12-5-3-2-4-10(12)8-16-17/h2-5,8,11,15H,6-7,9H2,1H3,(H,18,19). The Morgan fingerprint density at radius 2 is 2.26 bits per heavy atom. The number of carboxylic acids is 1. The second kappa shape index (κ2) is 4.35. The van der Waals surface area contributed by atoms with Crippen LogP contribution in [-0.4, -0.2) is 33.4 Å². The van der Waals surface area contributed by atoms with Crippen molar-refractivity contribution < 1.29 is 9.90 Å². The van der Waals surface area contributed by atoms with Crippen LogP contribution in [0.5, 0.6) is 0 Å². The van der Waals surface area contributed by atoms with E-state index >= 15 is 0 Å². The first-order valence-electron chi connectivity index (χ1n) is 6.50. The molecule has 1 aromatic heterocycles. The van der Waals surface area contributed by atoms with Crippen molar-refractivity contribution in [2.24, 2.45) is 5.92 Å². The molecule has 1 aliphatic rings. The number of aliphatic carboxylic acids is 1. The first kappa shape index (κ1) is 12.2. The predicted octanol–water partition coefficient (Wildman–Crippen LogP) is 1.49. The summed E-state index contributed by atoms with van der Waals surface area (Å²) in [6, 6.07) is 7.85. The minimum absolute atomic E-state index is 0.193. The van der Waals surface area contributed by atoms with Crippen molar-refractivity contribution in [3.63, 3.8) is 0 Å². The number of rotatable bonds is 5. The Morgan fingerprint density at radius 1 is 1.53 bits per heavy atom. The molecule has 0 amide bonds. The molecular weight excluding hydrogens is 242 g/mol. The largest absolute Gasteiger partial charge is 0.480 e. The fraction of sp³-hybridized carbons (Fsp3) is 0.429. The van der Waals surface area contributed by atoms with Crippen LogP contribution in [-0.2, 0) is 11.3 Å². The van der Waals surface area contributed by atoms with E-state index < -0.39 is 11.5 Å². The van der Waals surface area contributed by atoms with E-state index in [0.29, 0.717) is 6.54 Å². The summed E-state index contributed by atoms with van der Waals surface area (Å²) in [5, 5.41) is 18.0. The molecule has 2 N–H and O–H groups in total. The number of para-hydroxylation sites is 1. The number of hydrogen-bond donors (Lipinski definition) is 2. The van der Waals surface area contributed by atoms with E-state index in [-0.39, 0.29) is 5.92 Å². The van der Waals surface area contributed by atoms with Crippen molar-refractivity contribution in [3.05, 3.63) is 30.5 Å². The van der Waals surface area contributed by atoms with Crippen molar-refractivity contribution in [2.75, 3.05) is 7.05 Å². The van der Waals surface area contributed by atoms with Crippen LogP contribution < -0.4 is 5.32 Å². The minimum atomic E-state index is -0.908. The Bertz CT molecular complexity index is 618. The van der Waals surface area contributed by atoms with Crippen LogP contribution in [0.4, 0.5) is 0 Å². The fourth-order valence-electron chi connectivity index (χ4n) is 2.73. The summed E-state index contributed by atoms with van der Waals surface area (Å²) in [5.41, 5.74) is 0.0680. The van der Waals surface area contributed by atoms with Crippen molar-refractivity contribution in [2.45, 2.75) is 24.9 Å². The quantitative estimate of drug-likeness (QED) is 0.853. The summed E-state index contributed by atoms with van der Waals surface area (Å²) >= 11 is 0. The topological polar surface area (TPSA) is 67.2 Å². The second-order valence-electron chi connectivity index (χ2n) is 5.16. The van der Waals surface area contributed by atoms with Crippen LogP contribution in [0.3, 0.4) is 0 Å². The molecule has 0 spiro atoms. The van der Waals surface area contributed by atoms with Crippen LogP contribution >= 0.6 is 0 Å². The summed E-state index contributed by atoms with van der Waals surface area (Å²) < 4.78 is 1.79.